The number of hydrogen-bond acceptors (Lipinski definition) is 4. The van der Waals surface area contributed by atoms with E-state index in [4.69, 9.17) is 21.8 Å². The first-order valence-corrected chi connectivity index (χ1v) is 7.44. The summed E-state index contributed by atoms with van der Waals surface area (Å²) in [4.78, 5) is 0.0905. The van der Waals surface area contributed by atoms with Crippen molar-refractivity contribution in [3.05, 3.63) is 29.8 Å². The molecule has 0 aromatic heterocycles. The van der Waals surface area contributed by atoms with Crippen LogP contribution < -0.4 is 4.72 Å². The molecule has 7 heteroatoms. The number of rotatable bonds is 7. The second-order valence-corrected chi connectivity index (χ2v) is 5.86. The number of aliphatic hydroxyl groups excluding tert-OH is 2. The minimum atomic E-state index is -3.72. The SMILES string of the molecule is O=S(=O)(NC(CO)CO)c1ccc(CCCl)cc1. The lowest BCUT2D eigenvalue weighted by Gasteiger charge is -2.13. The summed E-state index contributed by atoms with van der Waals surface area (Å²) >= 11 is 5.59. The first-order chi connectivity index (χ1) is 8.53. The van der Waals surface area contributed by atoms with Crippen LogP contribution in [0.25, 0.3) is 0 Å². The zero-order valence-corrected chi connectivity index (χ0v) is 11.3. The monoisotopic (exact) mass is 293 g/mol. The molecule has 0 bridgehead atoms. The summed E-state index contributed by atoms with van der Waals surface area (Å²) in [6.07, 6.45) is 0.672. The van der Waals surface area contributed by atoms with Crippen LogP contribution >= 0.6 is 11.6 Å². The fourth-order valence-corrected chi connectivity index (χ4v) is 2.80. The van der Waals surface area contributed by atoms with Gasteiger partial charge in [0.1, 0.15) is 0 Å². The number of sulfonamides is 1. The summed E-state index contributed by atoms with van der Waals surface area (Å²) in [5.74, 6) is 0.474. The lowest BCUT2D eigenvalue weighted by Crippen LogP contribution is -2.39. The van der Waals surface area contributed by atoms with Crippen molar-refractivity contribution in [2.75, 3.05) is 19.1 Å². The van der Waals surface area contributed by atoms with Crippen LogP contribution in [0.2, 0.25) is 0 Å². The first kappa shape index (κ1) is 15.4. The number of benzene rings is 1. The topological polar surface area (TPSA) is 86.6 Å². The molecule has 0 atom stereocenters. The maximum absolute atomic E-state index is 11.9. The Labute approximate surface area is 111 Å². The predicted octanol–water partition coefficient (Wildman–Crippen LogP) is 0.0994. The fraction of sp³-hybridized carbons (Fsp3) is 0.455. The Bertz CT molecular complexity index is 456. The molecular formula is C11H16ClNO4S. The third kappa shape index (κ3) is 4.22. The third-order valence-corrected chi connectivity index (χ3v) is 4.10. The van der Waals surface area contributed by atoms with Gasteiger partial charge >= 0.3 is 0 Å². The minimum absolute atomic E-state index is 0.0905. The van der Waals surface area contributed by atoms with Crippen molar-refractivity contribution >= 4 is 21.6 Å². The van der Waals surface area contributed by atoms with Crippen molar-refractivity contribution in [1.82, 2.24) is 4.72 Å². The van der Waals surface area contributed by atoms with Gasteiger partial charge in [0.05, 0.1) is 24.2 Å². The third-order valence-electron chi connectivity index (χ3n) is 2.38. The van der Waals surface area contributed by atoms with Gasteiger partial charge in [0.15, 0.2) is 0 Å². The number of aliphatic hydroxyl groups is 2. The van der Waals surface area contributed by atoms with Crippen LogP contribution in [0.4, 0.5) is 0 Å². The quantitative estimate of drug-likeness (QED) is 0.622. The van der Waals surface area contributed by atoms with Crippen LogP contribution in [0.3, 0.4) is 0 Å². The molecule has 0 fully saturated rings. The van der Waals surface area contributed by atoms with E-state index in [1.54, 1.807) is 12.1 Å². The molecule has 0 heterocycles. The Balaban J connectivity index is 2.84. The second kappa shape index (κ2) is 7.06. The van der Waals surface area contributed by atoms with Crippen LogP contribution in [0.1, 0.15) is 5.56 Å². The highest BCUT2D eigenvalue weighted by molar-refractivity contribution is 7.89. The van der Waals surface area contributed by atoms with E-state index in [1.807, 2.05) is 0 Å². The molecular weight excluding hydrogens is 278 g/mol. The second-order valence-electron chi connectivity index (χ2n) is 3.77. The summed E-state index contributed by atoms with van der Waals surface area (Å²) in [6, 6.07) is 5.41. The van der Waals surface area contributed by atoms with E-state index < -0.39 is 29.3 Å². The van der Waals surface area contributed by atoms with Crippen molar-refractivity contribution < 1.29 is 18.6 Å². The van der Waals surface area contributed by atoms with Gasteiger partial charge in [-0.2, -0.15) is 0 Å². The van der Waals surface area contributed by atoms with E-state index in [0.717, 1.165) is 5.56 Å². The Morgan fingerprint density at radius 2 is 1.72 bits per heavy atom. The fourth-order valence-electron chi connectivity index (χ4n) is 1.36. The molecule has 1 aromatic carbocycles. The maximum atomic E-state index is 11.9. The Hall–Kier alpha value is -0.660. The van der Waals surface area contributed by atoms with E-state index >= 15 is 0 Å². The number of hydrogen-bond donors (Lipinski definition) is 3. The molecule has 0 spiro atoms. The largest absolute Gasteiger partial charge is 0.395 e. The molecule has 0 amide bonds. The molecule has 5 nitrogen and oxygen atoms in total. The number of alkyl halides is 1. The van der Waals surface area contributed by atoms with Gasteiger partial charge in [0, 0.05) is 5.88 Å². The van der Waals surface area contributed by atoms with Crippen LogP contribution in [-0.4, -0.2) is 43.8 Å². The zero-order valence-electron chi connectivity index (χ0n) is 9.71. The van der Waals surface area contributed by atoms with Crippen LogP contribution in [0.15, 0.2) is 29.2 Å². The summed E-state index contributed by atoms with van der Waals surface area (Å²) in [5.41, 5.74) is 0.949. The Morgan fingerprint density at radius 1 is 1.17 bits per heavy atom. The molecule has 0 aliphatic carbocycles. The van der Waals surface area contributed by atoms with Gasteiger partial charge in [-0.1, -0.05) is 12.1 Å². The van der Waals surface area contributed by atoms with Crippen LogP contribution in [0, 0.1) is 0 Å². The molecule has 0 unspecified atom stereocenters. The van der Waals surface area contributed by atoms with Crippen LogP contribution in [0.5, 0.6) is 0 Å². The van der Waals surface area contributed by atoms with Gasteiger partial charge in [0.2, 0.25) is 10.0 Å². The number of halogens is 1. The molecule has 1 aromatic rings. The lowest BCUT2D eigenvalue weighted by molar-refractivity contribution is 0.185. The van der Waals surface area contributed by atoms with E-state index in [2.05, 4.69) is 4.72 Å². The molecule has 0 aliphatic heterocycles. The maximum Gasteiger partial charge on any atom is 0.240 e. The van der Waals surface area contributed by atoms with Gasteiger partial charge in [0.25, 0.3) is 0 Å². The lowest BCUT2D eigenvalue weighted by atomic mass is 10.2. The number of aryl methyl sites for hydroxylation is 1. The molecule has 3 N–H and O–H groups in total. The molecule has 0 radical (unpaired) electrons. The molecule has 0 saturated heterocycles. The summed E-state index contributed by atoms with van der Waals surface area (Å²) in [5, 5.41) is 17.7. The van der Waals surface area contributed by atoms with E-state index in [-0.39, 0.29) is 4.90 Å². The standard InChI is InChI=1S/C11H16ClNO4S/c12-6-5-9-1-3-11(4-2-9)18(16,17)13-10(7-14)8-15/h1-4,10,13-15H,5-8H2. The van der Waals surface area contributed by atoms with Gasteiger partial charge in [-0.05, 0) is 24.1 Å². The highest BCUT2D eigenvalue weighted by atomic mass is 35.5. The first-order valence-electron chi connectivity index (χ1n) is 5.42. The molecule has 0 saturated carbocycles. The summed E-state index contributed by atoms with van der Waals surface area (Å²) in [6.45, 7) is -0.917. The van der Waals surface area contributed by atoms with Crippen molar-refractivity contribution in [3.63, 3.8) is 0 Å². The molecule has 1 rings (SSSR count). The van der Waals surface area contributed by atoms with Crippen molar-refractivity contribution in [3.8, 4) is 0 Å². The van der Waals surface area contributed by atoms with Gasteiger partial charge < -0.3 is 10.2 Å². The van der Waals surface area contributed by atoms with E-state index in [0.29, 0.717) is 12.3 Å². The summed E-state index contributed by atoms with van der Waals surface area (Å²) < 4.78 is 25.9. The van der Waals surface area contributed by atoms with E-state index in [1.165, 1.54) is 12.1 Å². The van der Waals surface area contributed by atoms with Crippen LogP contribution in [-0.2, 0) is 16.4 Å². The average molecular weight is 294 g/mol. The van der Waals surface area contributed by atoms with Gasteiger partial charge in [-0.3, -0.25) is 0 Å². The summed E-state index contributed by atoms with van der Waals surface area (Å²) in [7, 11) is -3.72. The highest BCUT2D eigenvalue weighted by Gasteiger charge is 2.18. The van der Waals surface area contributed by atoms with Crippen molar-refractivity contribution in [2.45, 2.75) is 17.4 Å². The molecule has 0 aliphatic rings. The molecule has 102 valence electrons. The smallest absolute Gasteiger partial charge is 0.240 e. The van der Waals surface area contributed by atoms with Gasteiger partial charge in [-0.25, -0.2) is 13.1 Å². The van der Waals surface area contributed by atoms with E-state index in [9.17, 15) is 8.42 Å². The molecule has 18 heavy (non-hydrogen) atoms. The minimum Gasteiger partial charge on any atom is -0.395 e. The Kier molecular flexibility index (Phi) is 6.04. The average Bonchev–Trinajstić information content (AvgIpc) is 2.37. The number of nitrogens with one attached hydrogen (secondary N) is 1. The highest BCUT2D eigenvalue weighted by Crippen LogP contribution is 2.11. The van der Waals surface area contributed by atoms with Crippen molar-refractivity contribution in [1.29, 1.82) is 0 Å². The Morgan fingerprint density at radius 3 is 2.17 bits per heavy atom. The predicted molar refractivity (Wildman–Crippen MR) is 69.1 cm³/mol. The van der Waals surface area contributed by atoms with Crippen molar-refractivity contribution in [2.24, 2.45) is 0 Å². The normalized spacial score (nSPS) is 12.0. The zero-order chi connectivity index (χ0) is 13.6. The van der Waals surface area contributed by atoms with Gasteiger partial charge in [-0.15, -0.1) is 11.6 Å².